The van der Waals surface area contributed by atoms with Crippen molar-refractivity contribution in [3.8, 4) is 0 Å². The van der Waals surface area contributed by atoms with Crippen LogP contribution in [0.1, 0.15) is 32.3 Å². The molecular weight excluding hydrogens is 288 g/mol. The number of ether oxygens (including phenoxy) is 1. The first-order valence-electron chi connectivity index (χ1n) is 7.25. The molecule has 0 saturated carbocycles. The third kappa shape index (κ3) is 4.18. The summed E-state index contributed by atoms with van der Waals surface area (Å²) in [5.74, 6) is 0. The van der Waals surface area contributed by atoms with Crippen molar-refractivity contribution in [1.29, 1.82) is 0 Å². The summed E-state index contributed by atoms with van der Waals surface area (Å²) in [6.45, 7) is 6.56. The normalized spacial score (nSPS) is 12.3. The van der Waals surface area contributed by atoms with Gasteiger partial charge in [-0.05, 0) is 37.5 Å². The van der Waals surface area contributed by atoms with Crippen molar-refractivity contribution in [2.75, 3.05) is 26.0 Å². The van der Waals surface area contributed by atoms with Crippen LogP contribution in [-0.2, 0) is 14.8 Å². The van der Waals surface area contributed by atoms with Crippen LogP contribution in [0.2, 0.25) is 0 Å². The number of nitrogen functional groups attached to an aromatic ring is 1. The maximum atomic E-state index is 12.9. The number of sulfonamides is 1. The molecule has 120 valence electrons. The first-order chi connectivity index (χ1) is 9.88. The minimum absolute atomic E-state index is 0.0346. The molecule has 6 heteroatoms. The highest BCUT2D eigenvalue weighted by atomic mass is 32.2. The van der Waals surface area contributed by atoms with E-state index in [9.17, 15) is 8.42 Å². The summed E-state index contributed by atoms with van der Waals surface area (Å²) in [7, 11) is -1.99. The van der Waals surface area contributed by atoms with Gasteiger partial charge in [-0.3, -0.25) is 0 Å². The summed E-state index contributed by atoms with van der Waals surface area (Å²) in [5.41, 5.74) is 7.22. The van der Waals surface area contributed by atoms with Gasteiger partial charge in [0.05, 0.1) is 11.5 Å². The molecule has 0 heterocycles. The van der Waals surface area contributed by atoms with Crippen LogP contribution < -0.4 is 5.73 Å². The number of benzene rings is 1. The van der Waals surface area contributed by atoms with Crippen LogP contribution in [0.25, 0.3) is 0 Å². The molecule has 0 fully saturated rings. The predicted octanol–water partition coefficient (Wildman–Crippen LogP) is 2.40. The summed E-state index contributed by atoms with van der Waals surface area (Å²) in [6, 6.07) is 4.85. The largest absolute Gasteiger partial charge is 0.398 e. The van der Waals surface area contributed by atoms with Gasteiger partial charge in [-0.25, -0.2) is 8.42 Å². The lowest BCUT2D eigenvalue weighted by atomic mass is 10.2. The monoisotopic (exact) mass is 314 g/mol. The number of nitrogens with zero attached hydrogens (tertiary/aromatic N) is 1. The minimum atomic E-state index is -3.56. The molecule has 1 rings (SSSR count). The second-order valence-corrected chi connectivity index (χ2v) is 6.99. The maximum absolute atomic E-state index is 12.9. The number of aryl methyl sites for hydroxylation is 1. The molecule has 1 aromatic carbocycles. The van der Waals surface area contributed by atoms with Crippen LogP contribution >= 0.6 is 0 Å². The number of rotatable bonds is 8. The number of nitrogens with two attached hydrogens (primary N) is 1. The van der Waals surface area contributed by atoms with Crippen molar-refractivity contribution in [1.82, 2.24) is 4.31 Å². The molecule has 2 N–H and O–H groups in total. The van der Waals surface area contributed by atoms with Gasteiger partial charge in [0.15, 0.2) is 0 Å². The molecule has 0 aliphatic heterocycles. The summed E-state index contributed by atoms with van der Waals surface area (Å²) < 4.78 is 32.3. The second kappa shape index (κ2) is 7.77. The molecule has 0 aromatic heterocycles. The van der Waals surface area contributed by atoms with E-state index >= 15 is 0 Å². The van der Waals surface area contributed by atoms with Gasteiger partial charge in [-0.15, -0.1) is 0 Å². The Balaban J connectivity index is 3.21. The van der Waals surface area contributed by atoms with Crippen molar-refractivity contribution < 1.29 is 13.2 Å². The van der Waals surface area contributed by atoms with Gasteiger partial charge in [0.25, 0.3) is 0 Å². The van der Waals surface area contributed by atoms with Crippen LogP contribution in [0.3, 0.4) is 0 Å². The first-order valence-corrected chi connectivity index (χ1v) is 8.69. The Morgan fingerprint density at radius 2 is 1.90 bits per heavy atom. The number of hydrogen-bond acceptors (Lipinski definition) is 4. The second-order valence-electron chi connectivity index (χ2n) is 5.10. The molecule has 0 aliphatic carbocycles. The van der Waals surface area contributed by atoms with E-state index in [1.165, 1.54) is 10.4 Å². The van der Waals surface area contributed by atoms with Crippen LogP contribution in [-0.4, -0.2) is 39.0 Å². The van der Waals surface area contributed by atoms with Gasteiger partial charge < -0.3 is 10.5 Å². The maximum Gasteiger partial charge on any atom is 0.243 e. The minimum Gasteiger partial charge on any atom is -0.398 e. The van der Waals surface area contributed by atoms with Crippen molar-refractivity contribution in [3.63, 3.8) is 0 Å². The van der Waals surface area contributed by atoms with Crippen LogP contribution in [0.5, 0.6) is 0 Å². The highest BCUT2D eigenvalue weighted by Crippen LogP contribution is 2.24. The molecule has 0 unspecified atom stereocenters. The standard InChI is InChI=1S/C15H26N2O3S/c1-5-13(6-2)17(9-10-20-4)21(18,19)14-8-7-12(3)15(16)11-14/h7-8,11,13H,5-6,9-10,16H2,1-4H3. The quantitative estimate of drug-likeness (QED) is 0.748. The molecular formula is C15H26N2O3S. The molecule has 0 radical (unpaired) electrons. The van der Waals surface area contributed by atoms with E-state index in [-0.39, 0.29) is 10.9 Å². The molecule has 0 atom stereocenters. The SMILES string of the molecule is CCC(CC)N(CCOC)S(=O)(=O)c1ccc(C)c(N)c1. The third-order valence-electron chi connectivity index (χ3n) is 3.72. The summed E-state index contributed by atoms with van der Waals surface area (Å²) in [5, 5.41) is 0. The van der Waals surface area contributed by atoms with Crippen molar-refractivity contribution in [2.45, 2.75) is 44.6 Å². The third-order valence-corrected chi connectivity index (χ3v) is 5.67. The molecule has 0 aliphatic rings. The first kappa shape index (κ1) is 17.9. The van der Waals surface area contributed by atoms with E-state index in [0.717, 1.165) is 18.4 Å². The van der Waals surface area contributed by atoms with E-state index in [1.807, 2.05) is 20.8 Å². The van der Waals surface area contributed by atoms with Crippen LogP contribution in [0.15, 0.2) is 23.1 Å². The molecule has 5 nitrogen and oxygen atoms in total. The van der Waals surface area contributed by atoms with E-state index < -0.39 is 10.0 Å². The molecule has 0 saturated heterocycles. The van der Waals surface area contributed by atoms with Crippen LogP contribution in [0.4, 0.5) is 5.69 Å². The van der Waals surface area contributed by atoms with E-state index in [1.54, 1.807) is 19.2 Å². The zero-order valence-corrected chi connectivity index (χ0v) is 14.1. The van der Waals surface area contributed by atoms with Gasteiger partial charge in [0.2, 0.25) is 10.0 Å². The van der Waals surface area contributed by atoms with Gasteiger partial charge in [0.1, 0.15) is 0 Å². The van der Waals surface area contributed by atoms with Crippen molar-refractivity contribution in [2.24, 2.45) is 0 Å². The Morgan fingerprint density at radius 1 is 1.29 bits per heavy atom. The average Bonchev–Trinajstić information content (AvgIpc) is 2.46. The van der Waals surface area contributed by atoms with Crippen LogP contribution in [0, 0.1) is 6.92 Å². The molecule has 0 spiro atoms. The lowest BCUT2D eigenvalue weighted by molar-refractivity contribution is 0.163. The van der Waals surface area contributed by atoms with Gasteiger partial charge >= 0.3 is 0 Å². The fraction of sp³-hybridized carbons (Fsp3) is 0.600. The smallest absolute Gasteiger partial charge is 0.243 e. The predicted molar refractivity (Wildman–Crippen MR) is 85.7 cm³/mol. The molecule has 0 bridgehead atoms. The topological polar surface area (TPSA) is 72.6 Å². The van der Waals surface area contributed by atoms with Gasteiger partial charge in [-0.2, -0.15) is 4.31 Å². The summed E-state index contributed by atoms with van der Waals surface area (Å²) in [6.07, 6.45) is 1.53. The van der Waals surface area contributed by atoms with Crippen molar-refractivity contribution in [3.05, 3.63) is 23.8 Å². The Labute approximate surface area is 128 Å². The summed E-state index contributed by atoms with van der Waals surface area (Å²) in [4.78, 5) is 0.244. The zero-order chi connectivity index (χ0) is 16.0. The lowest BCUT2D eigenvalue weighted by Gasteiger charge is -2.29. The van der Waals surface area contributed by atoms with E-state index in [2.05, 4.69) is 0 Å². The van der Waals surface area contributed by atoms with E-state index in [4.69, 9.17) is 10.5 Å². The Hall–Kier alpha value is -1.11. The van der Waals surface area contributed by atoms with E-state index in [0.29, 0.717) is 18.8 Å². The number of methoxy groups -OCH3 is 1. The highest BCUT2D eigenvalue weighted by molar-refractivity contribution is 7.89. The Bertz CT molecular complexity index is 554. The lowest BCUT2D eigenvalue weighted by Crippen LogP contribution is -2.41. The number of anilines is 1. The van der Waals surface area contributed by atoms with Gasteiger partial charge in [0, 0.05) is 25.4 Å². The van der Waals surface area contributed by atoms with Crippen molar-refractivity contribution >= 4 is 15.7 Å². The summed E-state index contributed by atoms with van der Waals surface area (Å²) >= 11 is 0. The Kier molecular flexibility index (Phi) is 6.64. The van der Waals surface area contributed by atoms with Gasteiger partial charge in [-0.1, -0.05) is 19.9 Å². The Morgan fingerprint density at radius 3 is 2.38 bits per heavy atom. The number of hydrogen-bond donors (Lipinski definition) is 1. The molecule has 21 heavy (non-hydrogen) atoms. The fourth-order valence-electron chi connectivity index (χ4n) is 2.29. The highest BCUT2D eigenvalue weighted by Gasteiger charge is 2.29. The zero-order valence-electron chi connectivity index (χ0n) is 13.3. The average molecular weight is 314 g/mol. The molecule has 1 aromatic rings. The fourth-order valence-corrected chi connectivity index (χ4v) is 4.08. The molecule has 0 amide bonds.